The van der Waals surface area contributed by atoms with Crippen molar-refractivity contribution in [2.75, 3.05) is 98.5 Å². The molecule has 0 bridgehead atoms. The van der Waals surface area contributed by atoms with Crippen LogP contribution in [-0.2, 0) is 44.6 Å². The maximum atomic E-state index is 12.9. The fraction of sp³-hybridized carbons (Fsp3) is 0.535. The molecule has 0 aliphatic carbocycles. The van der Waals surface area contributed by atoms with Gasteiger partial charge < -0.3 is 43.5 Å². The highest BCUT2D eigenvalue weighted by molar-refractivity contribution is 8.00. The largest absolute Gasteiger partial charge is 0.493 e. The number of amides is 4. The Morgan fingerprint density at radius 3 is 2.26 bits per heavy atom. The second kappa shape index (κ2) is 24.7. The van der Waals surface area contributed by atoms with Gasteiger partial charge in [0.2, 0.25) is 23.5 Å². The summed E-state index contributed by atoms with van der Waals surface area (Å²) in [6.07, 6.45) is 11.6. The summed E-state index contributed by atoms with van der Waals surface area (Å²) in [5.41, 5.74) is 0.546. The van der Waals surface area contributed by atoms with E-state index < -0.39 is 5.91 Å². The Morgan fingerprint density at radius 1 is 0.935 bits per heavy atom. The van der Waals surface area contributed by atoms with Crippen LogP contribution in [0.5, 0.6) is 17.2 Å². The molecule has 2 aliphatic rings. The maximum absolute atomic E-state index is 12.9. The number of nitrogens with zero attached hydrogens (tertiary/aromatic N) is 4. The van der Waals surface area contributed by atoms with Gasteiger partial charge in [-0.05, 0) is 62.2 Å². The van der Waals surface area contributed by atoms with Crippen molar-refractivity contribution in [3.8, 4) is 17.2 Å². The highest BCUT2D eigenvalue weighted by Gasteiger charge is 2.27. The molecule has 0 radical (unpaired) electrons. The van der Waals surface area contributed by atoms with Gasteiger partial charge in [0, 0.05) is 30.5 Å². The Bertz CT molecular complexity index is 1960. The first-order valence-electron chi connectivity index (χ1n) is 20.6. The number of carbonyl (C=O) groups excluding carboxylic acids is 4. The average molecular weight is 899 g/mol. The van der Waals surface area contributed by atoms with Crippen molar-refractivity contribution in [2.24, 2.45) is 5.92 Å². The first-order valence-corrected chi connectivity index (χ1v) is 22.4. The lowest BCUT2D eigenvalue weighted by atomic mass is 9.94. The van der Waals surface area contributed by atoms with Gasteiger partial charge >= 0.3 is 0 Å². The van der Waals surface area contributed by atoms with Gasteiger partial charge in [-0.15, -0.1) is 11.8 Å². The van der Waals surface area contributed by atoms with Crippen LogP contribution >= 0.6 is 23.1 Å². The number of hydrogen-bond acceptors (Lipinski definition) is 16. The fourth-order valence-electron chi connectivity index (χ4n) is 6.27. The van der Waals surface area contributed by atoms with Gasteiger partial charge in [0.25, 0.3) is 11.8 Å². The van der Waals surface area contributed by atoms with E-state index in [9.17, 15) is 19.2 Å². The van der Waals surface area contributed by atoms with Gasteiger partial charge in [-0.3, -0.25) is 29.0 Å². The van der Waals surface area contributed by atoms with E-state index in [4.69, 9.17) is 32.8 Å². The monoisotopic (exact) mass is 898 g/mol. The zero-order valence-electron chi connectivity index (χ0n) is 36.1. The first-order chi connectivity index (χ1) is 29.9. The number of benzene rings is 1. The average Bonchev–Trinajstić information content (AvgIpc) is 3.94. The number of rotatable bonds is 24. The molecule has 5 rings (SSSR count). The second-order valence-corrected chi connectivity index (χ2v) is 17.6. The molecule has 0 atom stereocenters. The quantitative estimate of drug-likeness (QED) is 0.0696. The Kier molecular flexibility index (Phi) is 19.3. The van der Waals surface area contributed by atoms with Crippen molar-refractivity contribution in [1.29, 1.82) is 0 Å². The molecule has 0 unspecified atom stereocenters. The molecule has 62 heavy (non-hydrogen) atoms. The minimum Gasteiger partial charge on any atom is -0.493 e. The molecular formula is C43H58N6O11S2. The molecule has 338 valence electrons. The van der Waals surface area contributed by atoms with Gasteiger partial charge in [0.05, 0.1) is 82.8 Å². The number of anilines is 1. The molecule has 0 saturated carbocycles. The summed E-state index contributed by atoms with van der Waals surface area (Å²) < 4.78 is 40.5. The summed E-state index contributed by atoms with van der Waals surface area (Å²) >= 11 is 3.00. The van der Waals surface area contributed by atoms with Crippen LogP contribution in [0.25, 0.3) is 6.08 Å². The predicted octanol–water partition coefficient (Wildman–Crippen LogP) is 4.96. The molecule has 3 aromatic rings. The normalized spacial score (nSPS) is 15.0. The molecule has 4 amide bonds. The van der Waals surface area contributed by atoms with Crippen LogP contribution in [0.15, 0.2) is 51.4 Å². The minimum absolute atomic E-state index is 0.0442. The smallest absolute Gasteiger partial charge is 0.253 e. The van der Waals surface area contributed by atoms with Gasteiger partial charge in [0.1, 0.15) is 12.4 Å². The zero-order valence-corrected chi connectivity index (χ0v) is 37.7. The number of imide groups is 1. The van der Waals surface area contributed by atoms with E-state index in [1.807, 2.05) is 0 Å². The number of oxazole rings is 1. The summed E-state index contributed by atoms with van der Waals surface area (Å²) in [4.78, 5) is 61.9. The second-order valence-electron chi connectivity index (χ2n) is 15.3. The molecule has 2 aromatic heterocycles. The molecule has 2 N–H and O–H groups in total. The maximum Gasteiger partial charge on any atom is 0.253 e. The van der Waals surface area contributed by atoms with Crippen LogP contribution in [0.2, 0.25) is 0 Å². The van der Waals surface area contributed by atoms with E-state index in [-0.39, 0.29) is 42.2 Å². The van der Waals surface area contributed by atoms with Crippen molar-refractivity contribution in [1.82, 2.24) is 25.1 Å². The predicted molar refractivity (Wildman–Crippen MR) is 235 cm³/mol. The van der Waals surface area contributed by atoms with E-state index in [1.165, 1.54) is 42.6 Å². The van der Waals surface area contributed by atoms with Gasteiger partial charge in [-0.2, -0.15) is 0 Å². The summed E-state index contributed by atoms with van der Waals surface area (Å²) in [7, 11) is 3.02. The molecule has 0 spiro atoms. The van der Waals surface area contributed by atoms with Crippen LogP contribution in [0, 0.1) is 5.92 Å². The number of aromatic nitrogens is 2. The Hall–Kier alpha value is -4.79. The van der Waals surface area contributed by atoms with Crippen molar-refractivity contribution in [2.45, 2.75) is 55.4 Å². The highest BCUT2D eigenvalue weighted by atomic mass is 32.2. The molecule has 4 heterocycles. The number of nitrogens with one attached hydrogen (secondary N) is 2. The molecule has 1 fully saturated rings. The molecule has 1 saturated heterocycles. The number of carbonyl (C=O) groups is 4. The van der Waals surface area contributed by atoms with Crippen LogP contribution in [0.4, 0.5) is 5.13 Å². The summed E-state index contributed by atoms with van der Waals surface area (Å²) in [5.74, 6) is 2.35. The summed E-state index contributed by atoms with van der Waals surface area (Å²) in [5, 5.41) is 6.42. The van der Waals surface area contributed by atoms with Crippen LogP contribution in [0.1, 0.15) is 57.2 Å². The highest BCUT2D eigenvalue weighted by Crippen LogP contribution is 2.39. The van der Waals surface area contributed by atoms with Crippen LogP contribution in [0.3, 0.4) is 0 Å². The number of thiazole rings is 1. The van der Waals surface area contributed by atoms with Crippen molar-refractivity contribution >= 4 is 57.9 Å². The fourth-order valence-corrected chi connectivity index (χ4v) is 8.00. The van der Waals surface area contributed by atoms with E-state index in [0.717, 1.165) is 9.97 Å². The molecule has 1 aromatic carbocycles. The van der Waals surface area contributed by atoms with Crippen molar-refractivity contribution in [3.63, 3.8) is 0 Å². The zero-order chi connectivity index (χ0) is 44.3. The van der Waals surface area contributed by atoms with Gasteiger partial charge in [-0.25, -0.2) is 9.97 Å². The number of likely N-dealkylation sites (tertiary alicyclic amines) is 1. The Morgan fingerprint density at radius 2 is 1.61 bits per heavy atom. The number of hydrogen-bond donors (Lipinski definition) is 2. The lowest BCUT2D eigenvalue weighted by Crippen LogP contribution is -2.44. The lowest BCUT2D eigenvalue weighted by molar-refractivity contribution is -0.139. The lowest BCUT2D eigenvalue weighted by Gasteiger charge is -2.30. The van der Waals surface area contributed by atoms with E-state index in [0.29, 0.717) is 125 Å². The van der Waals surface area contributed by atoms with E-state index >= 15 is 0 Å². The number of methoxy groups -OCH3 is 2. The molecule has 19 heteroatoms. The Labute approximate surface area is 370 Å². The van der Waals surface area contributed by atoms with E-state index in [2.05, 4.69) is 46.3 Å². The van der Waals surface area contributed by atoms with Gasteiger partial charge in [0.15, 0.2) is 16.6 Å². The summed E-state index contributed by atoms with van der Waals surface area (Å²) in [6, 6.07) is 3.43. The number of thioether (sulfide) groups is 1. The topological polar surface area (TPSA) is 193 Å². The SMILES string of the molecule is COc1cc(/C=C/C(=O)N2CCC=CC2=O)cc(OC)c1OCCOCCOCCOCCNC(=O)CN1CCC(C(=O)Nc2ncc(SCc3ncc(C(C)(C)C)o3)s2)CC1. The minimum atomic E-state index is -0.397. The first kappa shape index (κ1) is 48.2. The standard InChI is InChI=1S/C43H58N6O11S2/c1-43(2,3)34-26-45-36(60-34)29-61-39-27-46-42(62-39)47-41(53)31-11-15-48(16-12-31)28-35(50)44-13-17-56-18-19-57-20-21-58-22-23-59-40-32(54-4)24-30(25-33(40)55-5)9-10-38(52)49-14-7-6-8-37(49)51/h6,8-10,24-27,31H,7,11-23,28-29H2,1-5H3,(H,44,50)(H,46,47,53)/b10-9+. The Balaban J connectivity index is 0.849. The van der Waals surface area contributed by atoms with Crippen molar-refractivity contribution in [3.05, 3.63) is 60.0 Å². The molecule has 17 nitrogen and oxygen atoms in total. The number of piperidine rings is 1. The number of ether oxygens (including phenoxy) is 6. The van der Waals surface area contributed by atoms with Gasteiger partial charge in [-0.1, -0.05) is 38.2 Å². The molecule has 2 aliphatic heterocycles. The van der Waals surface area contributed by atoms with Crippen LogP contribution in [-0.4, -0.2) is 137 Å². The third-order valence-electron chi connectivity index (χ3n) is 9.67. The van der Waals surface area contributed by atoms with E-state index in [1.54, 1.807) is 48.4 Å². The third kappa shape index (κ3) is 15.5. The molecular weight excluding hydrogens is 841 g/mol. The van der Waals surface area contributed by atoms with Crippen molar-refractivity contribution < 1.29 is 52.0 Å². The third-order valence-corrected chi connectivity index (χ3v) is 11.8. The summed E-state index contributed by atoms with van der Waals surface area (Å²) in [6.45, 7) is 11.0. The van der Waals surface area contributed by atoms with Crippen LogP contribution < -0.4 is 24.8 Å².